The summed E-state index contributed by atoms with van der Waals surface area (Å²) >= 11 is 0. The average Bonchev–Trinajstić information content (AvgIpc) is 2.64. The maximum Gasteiger partial charge on any atom is 0.347 e. The molecule has 0 aliphatic rings. The van der Waals surface area contributed by atoms with E-state index in [4.69, 9.17) is 8.83 Å². The molecule has 92 valence electrons. The van der Waals surface area contributed by atoms with Crippen LogP contribution in [0.2, 0.25) is 0 Å². The molecule has 0 spiro atoms. The molecule has 2 heterocycles. The molecule has 2 N–H and O–H groups in total. The summed E-state index contributed by atoms with van der Waals surface area (Å²) in [6.45, 7) is 3.25. The molecular formula is C13H10O5. The summed E-state index contributed by atoms with van der Waals surface area (Å²) in [4.78, 5) is 11.8. The Balaban J connectivity index is 2.65. The van der Waals surface area contributed by atoms with Gasteiger partial charge in [0.1, 0.15) is 22.3 Å². The van der Waals surface area contributed by atoms with Crippen LogP contribution >= 0.6 is 0 Å². The van der Waals surface area contributed by atoms with E-state index in [2.05, 4.69) is 0 Å². The van der Waals surface area contributed by atoms with Gasteiger partial charge in [0.05, 0.1) is 0 Å². The molecule has 0 aliphatic heterocycles. The molecule has 0 unspecified atom stereocenters. The Kier molecular flexibility index (Phi) is 1.96. The second-order valence-corrected chi connectivity index (χ2v) is 4.23. The minimum Gasteiger partial charge on any atom is -0.504 e. The summed E-state index contributed by atoms with van der Waals surface area (Å²) in [6.07, 6.45) is 0. The first-order valence-electron chi connectivity index (χ1n) is 5.37. The largest absolute Gasteiger partial charge is 0.504 e. The van der Waals surface area contributed by atoms with E-state index in [1.807, 2.05) is 0 Å². The summed E-state index contributed by atoms with van der Waals surface area (Å²) in [5.74, 6) is -0.0945. The van der Waals surface area contributed by atoms with Gasteiger partial charge >= 0.3 is 5.63 Å². The van der Waals surface area contributed by atoms with Crippen LogP contribution in [-0.2, 0) is 0 Å². The predicted molar refractivity (Wildman–Crippen MR) is 65.1 cm³/mol. The van der Waals surface area contributed by atoms with Gasteiger partial charge in [0.15, 0.2) is 11.5 Å². The third-order valence-corrected chi connectivity index (χ3v) is 2.98. The molecule has 0 saturated carbocycles. The van der Waals surface area contributed by atoms with E-state index < -0.39 is 5.63 Å². The van der Waals surface area contributed by atoms with Crippen molar-refractivity contribution in [3.8, 4) is 11.5 Å². The SMILES string of the molecule is Cc1cc2oc3c(C)c(O)c(O)cc3c2c(=O)o1. The van der Waals surface area contributed by atoms with Gasteiger partial charge in [-0.15, -0.1) is 0 Å². The zero-order chi connectivity index (χ0) is 13.0. The Morgan fingerprint density at radius 3 is 2.56 bits per heavy atom. The van der Waals surface area contributed by atoms with Crippen LogP contribution in [0.5, 0.6) is 11.5 Å². The molecule has 0 atom stereocenters. The minimum atomic E-state index is -0.520. The first kappa shape index (κ1) is 10.7. The Morgan fingerprint density at radius 1 is 1.11 bits per heavy atom. The van der Waals surface area contributed by atoms with Gasteiger partial charge in [-0.25, -0.2) is 4.79 Å². The number of furan rings is 1. The quantitative estimate of drug-likeness (QED) is 0.595. The van der Waals surface area contributed by atoms with E-state index in [1.165, 1.54) is 6.07 Å². The van der Waals surface area contributed by atoms with Crippen molar-refractivity contribution in [2.45, 2.75) is 13.8 Å². The Bertz CT molecular complexity index is 838. The molecule has 0 saturated heterocycles. The Morgan fingerprint density at radius 2 is 1.83 bits per heavy atom. The van der Waals surface area contributed by atoms with E-state index in [1.54, 1.807) is 19.9 Å². The van der Waals surface area contributed by atoms with Gasteiger partial charge in [-0.2, -0.15) is 0 Å². The van der Waals surface area contributed by atoms with E-state index in [-0.39, 0.29) is 16.9 Å². The molecule has 3 aromatic rings. The average molecular weight is 246 g/mol. The molecule has 0 radical (unpaired) electrons. The standard InChI is InChI=1S/C13H10O5/c1-5-3-9-10(13(16)17-5)7-4-8(14)11(15)6(2)12(7)18-9/h3-4,14-15H,1-2H3. The molecule has 1 aromatic carbocycles. The summed E-state index contributed by atoms with van der Waals surface area (Å²) in [7, 11) is 0. The number of aromatic hydroxyl groups is 2. The van der Waals surface area contributed by atoms with E-state index in [0.717, 1.165) is 0 Å². The molecule has 18 heavy (non-hydrogen) atoms. The molecule has 2 aromatic heterocycles. The maximum absolute atomic E-state index is 11.8. The fourth-order valence-electron chi connectivity index (χ4n) is 2.11. The highest BCUT2D eigenvalue weighted by Gasteiger charge is 2.18. The van der Waals surface area contributed by atoms with E-state index >= 15 is 0 Å². The molecule has 0 aliphatic carbocycles. The van der Waals surface area contributed by atoms with Gasteiger partial charge in [-0.05, 0) is 19.9 Å². The van der Waals surface area contributed by atoms with Crippen molar-refractivity contribution in [2.75, 3.05) is 0 Å². The summed E-state index contributed by atoms with van der Waals surface area (Å²) in [6, 6.07) is 2.90. The molecule has 5 heteroatoms. The third-order valence-electron chi connectivity index (χ3n) is 2.98. The Hall–Kier alpha value is -2.43. The number of hydrogen-bond donors (Lipinski definition) is 2. The summed E-state index contributed by atoms with van der Waals surface area (Å²) < 4.78 is 10.6. The van der Waals surface area contributed by atoms with Crippen LogP contribution in [0.15, 0.2) is 25.8 Å². The van der Waals surface area contributed by atoms with Gasteiger partial charge in [-0.1, -0.05) is 0 Å². The number of aryl methyl sites for hydroxylation is 2. The first-order valence-corrected chi connectivity index (χ1v) is 5.37. The summed E-state index contributed by atoms with van der Waals surface area (Å²) in [5.41, 5.74) is 0.622. The van der Waals surface area contributed by atoms with Crippen LogP contribution in [0.4, 0.5) is 0 Å². The predicted octanol–water partition coefficient (Wildman–Crippen LogP) is 2.57. The monoisotopic (exact) mass is 246 g/mol. The van der Waals surface area contributed by atoms with Crippen molar-refractivity contribution in [3.63, 3.8) is 0 Å². The van der Waals surface area contributed by atoms with Gasteiger partial charge in [-0.3, -0.25) is 0 Å². The highest BCUT2D eigenvalue weighted by atomic mass is 16.4. The van der Waals surface area contributed by atoms with Gasteiger partial charge < -0.3 is 19.0 Å². The zero-order valence-electron chi connectivity index (χ0n) is 9.77. The van der Waals surface area contributed by atoms with Gasteiger partial charge in [0.25, 0.3) is 0 Å². The molecule has 5 nitrogen and oxygen atoms in total. The highest BCUT2D eigenvalue weighted by molar-refractivity contribution is 6.06. The molecular weight excluding hydrogens is 236 g/mol. The molecule has 3 rings (SSSR count). The van der Waals surface area contributed by atoms with Crippen LogP contribution in [0.3, 0.4) is 0 Å². The topological polar surface area (TPSA) is 83.8 Å². The highest BCUT2D eigenvalue weighted by Crippen LogP contribution is 2.39. The van der Waals surface area contributed by atoms with Gasteiger partial charge in [0, 0.05) is 17.0 Å². The maximum atomic E-state index is 11.8. The van der Waals surface area contributed by atoms with Crippen molar-refractivity contribution in [3.05, 3.63) is 33.9 Å². The molecule has 0 bridgehead atoms. The minimum absolute atomic E-state index is 0.248. The number of hydrogen-bond acceptors (Lipinski definition) is 5. The van der Waals surface area contributed by atoms with Crippen molar-refractivity contribution in [2.24, 2.45) is 0 Å². The van der Waals surface area contributed by atoms with Crippen LogP contribution < -0.4 is 5.63 Å². The van der Waals surface area contributed by atoms with Crippen LogP contribution in [0.25, 0.3) is 21.9 Å². The molecule has 0 fully saturated rings. The summed E-state index contributed by atoms with van der Waals surface area (Å²) in [5, 5.41) is 19.9. The number of benzene rings is 1. The van der Waals surface area contributed by atoms with Crippen molar-refractivity contribution < 1.29 is 19.0 Å². The van der Waals surface area contributed by atoms with Crippen molar-refractivity contribution in [1.82, 2.24) is 0 Å². The fraction of sp³-hybridized carbons (Fsp3) is 0.154. The number of rotatable bonds is 0. The zero-order valence-corrected chi connectivity index (χ0v) is 9.77. The van der Waals surface area contributed by atoms with Gasteiger partial charge in [0.2, 0.25) is 0 Å². The molecule has 0 amide bonds. The second kappa shape index (κ2) is 3.29. The van der Waals surface area contributed by atoms with Crippen LogP contribution in [0.1, 0.15) is 11.3 Å². The normalized spacial score (nSPS) is 11.4. The lowest BCUT2D eigenvalue weighted by atomic mass is 10.1. The van der Waals surface area contributed by atoms with Crippen molar-refractivity contribution in [1.29, 1.82) is 0 Å². The van der Waals surface area contributed by atoms with Crippen LogP contribution in [-0.4, -0.2) is 10.2 Å². The smallest absolute Gasteiger partial charge is 0.347 e. The third kappa shape index (κ3) is 1.24. The lowest BCUT2D eigenvalue weighted by Gasteiger charge is -2.01. The lowest BCUT2D eigenvalue weighted by Crippen LogP contribution is -1.98. The van der Waals surface area contributed by atoms with E-state index in [9.17, 15) is 15.0 Å². The fourth-order valence-corrected chi connectivity index (χ4v) is 2.11. The lowest BCUT2D eigenvalue weighted by molar-refractivity contribution is 0.401. The first-order chi connectivity index (χ1) is 8.49. The second-order valence-electron chi connectivity index (χ2n) is 4.23. The Labute approximate surface area is 101 Å². The van der Waals surface area contributed by atoms with Crippen molar-refractivity contribution >= 4 is 21.9 Å². The number of phenols is 2. The van der Waals surface area contributed by atoms with Crippen LogP contribution in [0, 0.1) is 13.8 Å². The number of fused-ring (bicyclic) bond motifs is 3. The van der Waals surface area contributed by atoms with E-state index in [0.29, 0.717) is 27.9 Å². The number of phenolic OH excluding ortho intramolecular Hbond substituents is 2.